The Balaban J connectivity index is 2.91. The Morgan fingerprint density at radius 3 is 2.05 bits per heavy atom. The third kappa shape index (κ3) is 3.63. The van der Waals surface area contributed by atoms with Crippen molar-refractivity contribution < 1.29 is 27.2 Å². The number of nitrogens with two attached hydrogens (primary N) is 1. The van der Waals surface area contributed by atoms with Gasteiger partial charge in [0.2, 0.25) is 0 Å². The lowest BCUT2D eigenvalue weighted by Crippen LogP contribution is -2.39. The van der Waals surface area contributed by atoms with Gasteiger partial charge in [-0.15, -0.1) is 0 Å². The molecule has 0 saturated carbocycles. The number of carbonyl (C=O) groups excluding carboxylic acids is 2. The zero-order valence-corrected chi connectivity index (χ0v) is 10.4. The first-order valence-corrected chi connectivity index (χ1v) is 5.35. The van der Waals surface area contributed by atoms with E-state index in [9.17, 15) is 27.2 Å². The first-order valence-electron chi connectivity index (χ1n) is 4.94. The Morgan fingerprint density at radius 2 is 1.60 bits per heavy atom. The van der Waals surface area contributed by atoms with Crippen LogP contribution in [0.3, 0.4) is 0 Å². The first-order chi connectivity index (χ1) is 9.23. The zero-order chi connectivity index (χ0) is 15.4. The van der Waals surface area contributed by atoms with Gasteiger partial charge in [-0.1, -0.05) is 12.2 Å². The molecule has 0 heterocycles. The molecule has 1 aromatic carbocycles. The lowest BCUT2D eigenvalue weighted by molar-refractivity contribution is -0.136. The maximum Gasteiger partial charge on any atom is 0.313 e. The quantitative estimate of drug-likeness (QED) is 0.330. The summed E-state index contributed by atoms with van der Waals surface area (Å²) in [6.07, 6.45) is 0. The van der Waals surface area contributed by atoms with Gasteiger partial charge in [-0.3, -0.25) is 9.59 Å². The molecule has 2 amide bonds. The molecule has 0 spiro atoms. The van der Waals surface area contributed by atoms with Crippen LogP contribution in [0.1, 0.15) is 0 Å². The van der Waals surface area contributed by atoms with E-state index in [2.05, 4.69) is 12.2 Å². The minimum Gasteiger partial charge on any atom is -0.392 e. The number of nitrogens with one attached hydrogen (secondary N) is 2. The number of carbonyl (C=O) groups is 2. The molecule has 1 aromatic rings. The van der Waals surface area contributed by atoms with E-state index < -0.39 is 40.8 Å². The van der Waals surface area contributed by atoms with Crippen molar-refractivity contribution in [3.63, 3.8) is 0 Å². The summed E-state index contributed by atoms with van der Waals surface area (Å²) in [5.74, 6) is -9.98. The molecular weight excluding hydrogens is 302 g/mol. The molecule has 0 aliphatic carbocycles. The average Bonchev–Trinajstić information content (AvgIpc) is 2.38. The molecule has 0 aliphatic rings. The molecule has 0 radical (unpaired) electrons. The van der Waals surface area contributed by atoms with Crippen molar-refractivity contribution in [2.75, 3.05) is 11.9 Å². The Hall–Kier alpha value is -2.23. The highest BCUT2D eigenvalue weighted by Crippen LogP contribution is 2.23. The molecule has 4 N–H and O–H groups in total. The van der Waals surface area contributed by atoms with Crippen LogP contribution in [0.25, 0.3) is 0 Å². The third-order valence-electron chi connectivity index (χ3n) is 1.98. The molecule has 0 bridgehead atoms. The van der Waals surface area contributed by atoms with Gasteiger partial charge < -0.3 is 16.4 Å². The van der Waals surface area contributed by atoms with Crippen molar-refractivity contribution in [2.24, 2.45) is 5.73 Å². The second-order valence-electron chi connectivity index (χ2n) is 3.45. The Kier molecular flexibility index (Phi) is 4.97. The summed E-state index contributed by atoms with van der Waals surface area (Å²) in [7, 11) is 0. The van der Waals surface area contributed by atoms with Crippen LogP contribution < -0.4 is 16.4 Å². The number of amides is 2. The van der Waals surface area contributed by atoms with E-state index >= 15 is 0 Å². The molecule has 0 fully saturated rings. The highest BCUT2D eigenvalue weighted by Gasteiger charge is 2.23. The zero-order valence-electron chi connectivity index (χ0n) is 9.60. The number of rotatable bonds is 3. The maximum absolute atomic E-state index is 13.2. The van der Waals surface area contributed by atoms with Crippen LogP contribution in [0.2, 0.25) is 0 Å². The fourth-order valence-electron chi connectivity index (χ4n) is 1.10. The van der Waals surface area contributed by atoms with E-state index in [4.69, 9.17) is 5.73 Å². The number of hydrogen-bond acceptors (Lipinski definition) is 3. The average molecular weight is 309 g/mol. The van der Waals surface area contributed by atoms with E-state index in [1.54, 1.807) is 0 Å². The van der Waals surface area contributed by atoms with E-state index in [0.29, 0.717) is 0 Å². The van der Waals surface area contributed by atoms with Gasteiger partial charge >= 0.3 is 11.8 Å². The van der Waals surface area contributed by atoms with Crippen molar-refractivity contribution in [1.82, 2.24) is 5.32 Å². The number of hydrogen-bond donors (Lipinski definition) is 3. The van der Waals surface area contributed by atoms with E-state index in [1.807, 2.05) is 5.32 Å². The van der Waals surface area contributed by atoms with Crippen molar-refractivity contribution in [2.45, 2.75) is 0 Å². The SMILES string of the molecule is NC(=S)CNC(=O)C(=O)Nc1c(F)c(F)cc(F)c1F. The lowest BCUT2D eigenvalue weighted by atomic mass is 10.2. The second kappa shape index (κ2) is 6.28. The summed E-state index contributed by atoms with van der Waals surface area (Å²) in [5, 5.41) is 3.34. The minimum absolute atomic E-state index is 0.0345. The van der Waals surface area contributed by atoms with Crippen LogP contribution in [0.5, 0.6) is 0 Å². The number of anilines is 1. The third-order valence-corrected chi connectivity index (χ3v) is 2.12. The van der Waals surface area contributed by atoms with Crippen LogP contribution >= 0.6 is 12.2 Å². The van der Waals surface area contributed by atoms with Crippen LogP contribution in [0.4, 0.5) is 23.2 Å². The topological polar surface area (TPSA) is 84.2 Å². The molecule has 10 heteroatoms. The summed E-state index contributed by atoms with van der Waals surface area (Å²) in [5.41, 5.74) is 3.64. The van der Waals surface area contributed by atoms with Gasteiger partial charge in [0.05, 0.1) is 11.5 Å². The molecule has 0 unspecified atom stereocenters. The highest BCUT2D eigenvalue weighted by atomic mass is 32.1. The molecule has 0 aliphatic heterocycles. The summed E-state index contributed by atoms with van der Waals surface area (Å²) in [4.78, 5) is 22.3. The van der Waals surface area contributed by atoms with Gasteiger partial charge in [-0.05, 0) is 0 Å². The van der Waals surface area contributed by atoms with E-state index in [0.717, 1.165) is 0 Å². The lowest BCUT2D eigenvalue weighted by Gasteiger charge is -2.08. The molecule has 5 nitrogen and oxygen atoms in total. The monoisotopic (exact) mass is 309 g/mol. The van der Waals surface area contributed by atoms with Gasteiger partial charge in [0, 0.05) is 6.07 Å². The van der Waals surface area contributed by atoms with Gasteiger partial charge in [0.15, 0.2) is 23.3 Å². The van der Waals surface area contributed by atoms with Crippen LogP contribution in [-0.4, -0.2) is 23.3 Å². The molecule has 108 valence electrons. The summed E-state index contributed by atoms with van der Waals surface area (Å²) < 4.78 is 52.1. The molecule has 20 heavy (non-hydrogen) atoms. The first kappa shape index (κ1) is 15.8. The predicted octanol–water partition coefficient (Wildman–Crippen LogP) is 0.584. The fourth-order valence-corrected chi connectivity index (χ4v) is 1.17. The summed E-state index contributed by atoms with van der Waals surface area (Å²) >= 11 is 4.42. The number of thiocarbonyl (C=S) groups is 1. The van der Waals surface area contributed by atoms with Gasteiger partial charge in [-0.2, -0.15) is 0 Å². The number of halogens is 4. The van der Waals surface area contributed by atoms with Crippen molar-refractivity contribution in [3.05, 3.63) is 29.3 Å². The van der Waals surface area contributed by atoms with Gasteiger partial charge in [-0.25, -0.2) is 17.6 Å². The summed E-state index contributed by atoms with van der Waals surface area (Å²) in [6.45, 7) is -0.329. The van der Waals surface area contributed by atoms with Gasteiger partial charge in [0.25, 0.3) is 0 Å². The smallest absolute Gasteiger partial charge is 0.313 e. The summed E-state index contributed by atoms with van der Waals surface area (Å²) in [6, 6.07) is -0.0345. The van der Waals surface area contributed by atoms with E-state index in [-0.39, 0.29) is 17.6 Å². The fraction of sp³-hybridized carbons (Fsp3) is 0.100. The van der Waals surface area contributed by atoms with Crippen LogP contribution in [0.15, 0.2) is 6.07 Å². The van der Waals surface area contributed by atoms with Crippen molar-refractivity contribution in [3.8, 4) is 0 Å². The largest absolute Gasteiger partial charge is 0.392 e. The van der Waals surface area contributed by atoms with Crippen LogP contribution in [-0.2, 0) is 9.59 Å². The predicted molar refractivity (Wildman–Crippen MR) is 64.7 cm³/mol. The van der Waals surface area contributed by atoms with Crippen molar-refractivity contribution >= 4 is 34.7 Å². The van der Waals surface area contributed by atoms with Crippen molar-refractivity contribution in [1.29, 1.82) is 0 Å². The Labute approximate surface area is 115 Å². The molecule has 0 aromatic heterocycles. The Bertz CT molecular complexity index is 568. The Morgan fingerprint density at radius 1 is 1.10 bits per heavy atom. The second-order valence-corrected chi connectivity index (χ2v) is 3.97. The molecule has 1 rings (SSSR count). The van der Waals surface area contributed by atoms with E-state index in [1.165, 1.54) is 5.32 Å². The number of benzene rings is 1. The normalized spacial score (nSPS) is 10.0. The van der Waals surface area contributed by atoms with Gasteiger partial charge in [0.1, 0.15) is 5.69 Å². The highest BCUT2D eigenvalue weighted by molar-refractivity contribution is 7.80. The molecular formula is C10H7F4N3O2S. The molecule has 0 atom stereocenters. The minimum atomic E-state index is -1.83. The standard InChI is InChI=1S/C10H7F4N3O2S/c11-3-1-4(12)7(14)8(6(3)13)17-10(19)9(18)16-2-5(15)20/h1H,2H2,(H2,15,20)(H,16,18)(H,17,19). The van der Waals surface area contributed by atoms with Crippen LogP contribution in [0, 0.1) is 23.3 Å². The molecule has 0 saturated heterocycles. The maximum atomic E-state index is 13.2.